The molecule has 2 N–H and O–H groups in total. The average Bonchev–Trinajstić information content (AvgIpc) is 2.82. The normalized spacial score (nSPS) is 17.9. The first-order valence-electron chi connectivity index (χ1n) is 4.71. The largest absolute Gasteiger partial charge is 0.329 e. The number of rotatable bonds is 3. The van der Waals surface area contributed by atoms with Gasteiger partial charge in [-0.05, 0) is 30.4 Å². The van der Waals surface area contributed by atoms with E-state index in [0.29, 0.717) is 6.54 Å². The lowest BCUT2D eigenvalue weighted by Gasteiger charge is -2.20. The van der Waals surface area contributed by atoms with Crippen LogP contribution in [0.25, 0.3) is 0 Å². The number of nitrogens with two attached hydrogens (primary N) is 1. The number of carbonyl (C=O) groups is 1. The molecule has 0 spiro atoms. The smallest absolute Gasteiger partial charge is 0.234 e. The van der Waals surface area contributed by atoms with E-state index in [1.54, 1.807) is 16.2 Å². The summed E-state index contributed by atoms with van der Waals surface area (Å²) in [6.07, 6.45) is 1.89. The Morgan fingerprint density at radius 3 is 2.86 bits per heavy atom. The predicted molar refractivity (Wildman–Crippen MR) is 58.5 cm³/mol. The monoisotopic (exact) mass is 210 g/mol. The van der Waals surface area contributed by atoms with Gasteiger partial charge in [-0.1, -0.05) is 0 Å². The van der Waals surface area contributed by atoms with E-state index in [-0.39, 0.29) is 11.3 Å². The van der Waals surface area contributed by atoms with Gasteiger partial charge in [0.1, 0.15) is 0 Å². The molecule has 1 aromatic rings. The molecule has 0 bridgehead atoms. The van der Waals surface area contributed by atoms with Gasteiger partial charge >= 0.3 is 0 Å². The standard InChI is InChI=1S/C10H14N2OS/c1-12(8-3-2-6-14-8)9(13)10(7-11)4-5-10/h2-3,6H,4-5,7,11H2,1H3. The van der Waals surface area contributed by atoms with Crippen molar-refractivity contribution in [1.82, 2.24) is 0 Å². The van der Waals surface area contributed by atoms with Crippen LogP contribution in [0.15, 0.2) is 17.5 Å². The highest BCUT2D eigenvalue weighted by Crippen LogP contribution is 2.46. The third-order valence-electron chi connectivity index (χ3n) is 2.84. The summed E-state index contributed by atoms with van der Waals surface area (Å²) in [5.74, 6) is 0.169. The first-order valence-corrected chi connectivity index (χ1v) is 5.59. The molecule has 1 amide bonds. The van der Waals surface area contributed by atoms with Crippen LogP contribution in [0.1, 0.15) is 12.8 Å². The van der Waals surface area contributed by atoms with Gasteiger partial charge in [-0.15, -0.1) is 11.3 Å². The third-order valence-corrected chi connectivity index (χ3v) is 3.78. The number of hydrogen-bond donors (Lipinski definition) is 1. The summed E-state index contributed by atoms with van der Waals surface area (Å²) in [5.41, 5.74) is 5.38. The molecular weight excluding hydrogens is 196 g/mol. The Bertz CT molecular complexity index is 330. The van der Waals surface area contributed by atoms with Crippen LogP contribution in [0.2, 0.25) is 0 Å². The number of hydrogen-bond acceptors (Lipinski definition) is 3. The highest BCUT2D eigenvalue weighted by atomic mass is 32.1. The second-order valence-corrected chi connectivity index (χ2v) is 4.73. The summed E-state index contributed by atoms with van der Waals surface area (Å²) in [6.45, 7) is 0.474. The van der Waals surface area contributed by atoms with Crippen LogP contribution in [0, 0.1) is 5.41 Å². The molecule has 0 atom stereocenters. The van der Waals surface area contributed by atoms with E-state index in [2.05, 4.69) is 0 Å². The summed E-state index contributed by atoms with van der Waals surface area (Å²) in [6, 6.07) is 3.90. The predicted octanol–water partition coefficient (Wildman–Crippen LogP) is 1.45. The van der Waals surface area contributed by atoms with Crippen molar-refractivity contribution >= 4 is 22.2 Å². The minimum absolute atomic E-state index is 0.169. The fraction of sp³-hybridized carbons (Fsp3) is 0.500. The number of carbonyl (C=O) groups excluding carboxylic acids is 1. The molecule has 0 aliphatic heterocycles. The Morgan fingerprint density at radius 2 is 2.43 bits per heavy atom. The first-order chi connectivity index (χ1) is 6.69. The van der Waals surface area contributed by atoms with Gasteiger partial charge in [-0.25, -0.2) is 0 Å². The van der Waals surface area contributed by atoms with Crippen LogP contribution in [-0.2, 0) is 4.79 Å². The topological polar surface area (TPSA) is 46.3 Å². The molecule has 0 unspecified atom stereocenters. The minimum Gasteiger partial charge on any atom is -0.329 e. The molecule has 76 valence electrons. The van der Waals surface area contributed by atoms with Gasteiger partial charge in [0.25, 0.3) is 0 Å². The second-order valence-electron chi connectivity index (χ2n) is 3.80. The van der Waals surface area contributed by atoms with Crippen LogP contribution >= 0.6 is 11.3 Å². The van der Waals surface area contributed by atoms with Gasteiger partial charge in [-0.2, -0.15) is 0 Å². The molecular formula is C10H14N2OS. The molecule has 1 aliphatic carbocycles. The van der Waals surface area contributed by atoms with Crippen molar-refractivity contribution in [3.8, 4) is 0 Å². The van der Waals surface area contributed by atoms with Crippen molar-refractivity contribution in [2.24, 2.45) is 11.1 Å². The number of nitrogens with zero attached hydrogens (tertiary/aromatic N) is 1. The number of thiophene rings is 1. The zero-order chi connectivity index (χ0) is 10.2. The van der Waals surface area contributed by atoms with E-state index in [1.165, 1.54) is 0 Å². The van der Waals surface area contributed by atoms with E-state index < -0.39 is 0 Å². The summed E-state index contributed by atoms with van der Waals surface area (Å²) in [5, 5.41) is 2.97. The van der Waals surface area contributed by atoms with Crippen molar-refractivity contribution in [1.29, 1.82) is 0 Å². The van der Waals surface area contributed by atoms with Crippen LogP contribution in [0.3, 0.4) is 0 Å². The van der Waals surface area contributed by atoms with E-state index in [1.807, 2.05) is 24.6 Å². The van der Waals surface area contributed by atoms with E-state index >= 15 is 0 Å². The second kappa shape index (κ2) is 3.37. The lowest BCUT2D eigenvalue weighted by atomic mass is 10.1. The highest BCUT2D eigenvalue weighted by Gasteiger charge is 2.50. The average molecular weight is 210 g/mol. The van der Waals surface area contributed by atoms with Gasteiger partial charge in [0.15, 0.2) is 0 Å². The van der Waals surface area contributed by atoms with E-state index in [0.717, 1.165) is 17.8 Å². The molecule has 1 aliphatic rings. The zero-order valence-electron chi connectivity index (χ0n) is 8.19. The summed E-state index contributed by atoms with van der Waals surface area (Å²) in [7, 11) is 1.82. The van der Waals surface area contributed by atoms with Crippen molar-refractivity contribution in [2.75, 3.05) is 18.5 Å². The fourth-order valence-corrected chi connectivity index (χ4v) is 2.27. The van der Waals surface area contributed by atoms with E-state index in [4.69, 9.17) is 5.73 Å². The summed E-state index contributed by atoms with van der Waals surface area (Å²) >= 11 is 1.58. The Labute approximate surface area is 87.5 Å². The van der Waals surface area contributed by atoms with Crippen LogP contribution < -0.4 is 10.6 Å². The molecule has 1 fully saturated rings. The lowest BCUT2D eigenvalue weighted by Crippen LogP contribution is -2.37. The molecule has 4 heteroatoms. The number of anilines is 1. The quantitative estimate of drug-likeness (QED) is 0.820. The summed E-state index contributed by atoms with van der Waals surface area (Å²) < 4.78 is 0. The van der Waals surface area contributed by atoms with Crippen LogP contribution in [0.4, 0.5) is 5.00 Å². The molecule has 2 rings (SSSR count). The maximum atomic E-state index is 12.0. The maximum Gasteiger partial charge on any atom is 0.234 e. The molecule has 14 heavy (non-hydrogen) atoms. The first kappa shape index (κ1) is 9.68. The maximum absolute atomic E-state index is 12.0. The zero-order valence-corrected chi connectivity index (χ0v) is 9.01. The lowest BCUT2D eigenvalue weighted by molar-refractivity contribution is -0.123. The molecule has 1 heterocycles. The Morgan fingerprint density at radius 1 is 1.71 bits per heavy atom. The molecule has 3 nitrogen and oxygen atoms in total. The third kappa shape index (κ3) is 1.44. The van der Waals surface area contributed by atoms with Gasteiger partial charge in [0, 0.05) is 13.6 Å². The van der Waals surface area contributed by atoms with Gasteiger partial charge in [0.2, 0.25) is 5.91 Å². The van der Waals surface area contributed by atoms with Crippen molar-refractivity contribution < 1.29 is 4.79 Å². The Hall–Kier alpha value is -0.870. The fourth-order valence-electron chi connectivity index (χ4n) is 1.57. The van der Waals surface area contributed by atoms with Crippen LogP contribution in [-0.4, -0.2) is 19.5 Å². The molecule has 0 radical (unpaired) electrons. The SMILES string of the molecule is CN(C(=O)C1(CN)CC1)c1cccs1. The van der Waals surface area contributed by atoms with Gasteiger partial charge in [-0.3, -0.25) is 4.79 Å². The molecule has 1 aromatic heterocycles. The van der Waals surface area contributed by atoms with Crippen molar-refractivity contribution in [3.05, 3.63) is 17.5 Å². The highest BCUT2D eigenvalue weighted by molar-refractivity contribution is 7.14. The summed E-state index contributed by atoms with van der Waals surface area (Å²) in [4.78, 5) is 13.7. The van der Waals surface area contributed by atoms with Gasteiger partial charge in [0.05, 0.1) is 10.4 Å². The molecule has 0 aromatic carbocycles. The van der Waals surface area contributed by atoms with Crippen molar-refractivity contribution in [3.63, 3.8) is 0 Å². The Balaban J connectivity index is 2.13. The van der Waals surface area contributed by atoms with Crippen LogP contribution in [0.5, 0.6) is 0 Å². The number of amides is 1. The molecule has 0 saturated heterocycles. The van der Waals surface area contributed by atoms with Gasteiger partial charge < -0.3 is 10.6 Å². The Kier molecular flexibility index (Phi) is 2.33. The van der Waals surface area contributed by atoms with Crippen molar-refractivity contribution in [2.45, 2.75) is 12.8 Å². The van der Waals surface area contributed by atoms with E-state index in [9.17, 15) is 4.79 Å². The molecule has 1 saturated carbocycles. The minimum atomic E-state index is -0.237.